The van der Waals surface area contributed by atoms with Crippen LogP contribution in [0.2, 0.25) is 0 Å². The van der Waals surface area contributed by atoms with Gasteiger partial charge in [0.1, 0.15) is 11.3 Å². The van der Waals surface area contributed by atoms with Crippen LogP contribution in [0.15, 0.2) is 28.7 Å². The number of furan rings is 1. The molecule has 28 heavy (non-hydrogen) atoms. The van der Waals surface area contributed by atoms with Crippen LogP contribution < -0.4 is 0 Å². The first kappa shape index (κ1) is 17.6. The van der Waals surface area contributed by atoms with Gasteiger partial charge in [-0.1, -0.05) is 24.3 Å². The van der Waals surface area contributed by atoms with E-state index in [-0.39, 0.29) is 11.1 Å². The van der Waals surface area contributed by atoms with Crippen molar-refractivity contribution < 1.29 is 47.3 Å². The number of aromatic hydroxyl groups is 2. The molecule has 10 heteroatoms. The molecule has 142 valence electrons. The van der Waals surface area contributed by atoms with Crippen molar-refractivity contribution in [2.45, 2.75) is 6.18 Å². The molecule has 1 aliphatic carbocycles. The average molecular weight is 392 g/mol. The first-order valence-corrected chi connectivity index (χ1v) is 7.59. The predicted molar refractivity (Wildman–Crippen MR) is 84.8 cm³/mol. The summed E-state index contributed by atoms with van der Waals surface area (Å²) in [5.74, 6) is -8.32. The van der Waals surface area contributed by atoms with Crippen LogP contribution in [0.1, 0.15) is 48.0 Å². The van der Waals surface area contributed by atoms with Crippen molar-refractivity contribution in [2.75, 3.05) is 0 Å². The molecule has 0 bridgehead atoms. The maximum absolute atomic E-state index is 13.2. The summed E-state index contributed by atoms with van der Waals surface area (Å²) in [5, 5.41) is 29.0. The molecule has 0 saturated carbocycles. The number of phenols is 2. The highest BCUT2D eigenvalue weighted by molar-refractivity contribution is 6.32. The molecule has 1 aromatic heterocycles. The Labute approximate surface area is 152 Å². The number of hydrogen-bond acceptors (Lipinski definition) is 6. The van der Waals surface area contributed by atoms with Gasteiger partial charge in [0.25, 0.3) is 0 Å². The highest BCUT2D eigenvalue weighted by Gasteiger charge is 2.45. The minimum Gasteiger partial charge on any atom is -0.506 e. The molecular weight excluding hydrogens is 385 g/mol. The highest BCUT2D eigenvalue weighted by Crippen LogP contribution is 2.49. The van der Waals surface area contributed by atoms with Crippen LogP contribution in [0.4, 0.5) is 13.2 Å². The molecule has 2 aromatic carbocycles. The number of carbonyl (C=O) groups is 3. The Kier molecular flexibility index (Phi) is 3.36. The third kappa shape index (κ3) is 2.08. The van der Waals surface area contributed by atoms with Crippen LogP contribution >= 0.6 is 0 Å². The molecule has 0 fully saturated rings. The number of carbonyl (C=O) groups excluding carboxylic acids is 2. The van der Waals surface area contributed by atoms with Gasteiger partial charge in [0.15, 0.2) is 22.9 Å². The van der Waals surface area contributed by atoms with Gasteiger partial charge in [-0.05, 0) is 0 Å². The van der Waals surface area contributed by atoms with Crippen molar-refractivity contribution in [1.82, 2.24) is 0 Å². The lowest BCUT2D eigenvalue weighted by atomic mass is 9.82. The third-order valence-corrected chi connectivity index (χ3v) is 4.43. The van der Waals surface area contributed by atoms with E-state index in [2.05, 4.69) is 4.42 Å². The van der Waals surface area contributed by atoms with Gasteiger partial charge in [-0.25, -0.2) is 4.79 Å². The summed E-state index contributed by atoms with van der Waals surface area (Å²) in [6, 6.07) is 5.38. The van der Waals surface area contributed by atoms with E-state index in [0.29, 0.717) is 0 Å². The van der Waals surface area contributed by atoms with E-state index in [1.54, 1.807) is 0 Å². The van der Waals surface area contributed by atoms with Crippen molar-refractivity contribution >= 4 is 28.5 Å². The van der Waals surface area contributed by atoms with Gasteiger partial charge in [0.2, 0.25) is 5.76 Å². The second-order valence-electron chi connectivity index (χ2n) is 5.96. The summed E-state index contributed by atoms with van der Waals surface area (Å²) in [7, 11) is 0. The average Bonchev–Trinajstić information content (AvgIpc) is 3.04. The number of alkyl halides is 3. The van der Waals surface area contributed by atoms with Gasteiger partial charge in [0, 0.05) is 11.1 Å². The van der Waals surface area contributed by atoms with Gasteiger partial charge in [-0.3, -0.25) is 9.59 Å². The molecule has 0 spiro atoms. The smallest absolute Gasteiger partial charge is 0.450 e. The number of ketones is 2. The van der Waals surface area contributed by atoms with Crippen LogP contribution in [0.3, 0.4) is 0 Å². The number of rotatable bonds is 1. The number of halogens is 3. The van der Waals surface area contributed by atoms with Gasteiger partial charge >= 0.3 is 12.1 Å². The van der Waals surface area contributed by atoms with Crippen LogP contribution in [-0.2, 0) is 6.18 Å². The SMILES string of the molecule is O=C1c2ccccc2C(=O)c2c1c(O)c1oc(C(F)(F)F)c(C(=O)O)c1c2O. The zero-order valence-electron chi connectivity index (χ0n) is 13.4. The van der Waals surface area contributed by atoms with E-state index in [1.165, 1.54) is 24.3 Å². The summed E-state index contributed by atoms with van der Waals surface area (Å²) in [6.07, 6.45) is -5.27. The van der Waals surface area contributed by atoms with Crippen molar-refractivity contribution in [2.24, 2.45) is 0 Å². The van der Waals surface area contributed by atoms with Crippen molar-refractivity contribution in [3.05, 3.63) is 57.8 Å². The molecule has 3 aromatic rings. The maximum Gasteiger partial charge on any atom is 0.450 e. The normalized spacial score (nSPS) is 13.5. The second kappa shape index (κ2) is 5.35. The number of carboxylic acid groups (broad SMARTS) is 1. The van der Waals surface area contributed by atoms with Gasteiger partial charge in [-0.2, -0.15) is 13.2 Å². The number of carboxylic acids is 1. The van der Waals surface area contributed by atoms with E-state index in [9.17, 15) is 42.9 Å². The van der Waals surface area contributed by atoms with Crippen LogP contribution in [0.5, 0.6) is 11.5 Å². The van der Waals surface area contributed by atoms with Gasteiger partial charge in [-0.15, -0.1) is 0 Å². The molecule has 0 saturated heterocycles. The number of aromatic carboxylic acids is 1. The Morgan fingerprint density at radius 2 is 1.43 bits per heavy atom. The quantitative estimate of drug-likeness (QED) is 0.424. The Hall–Kier alpha value is -3.82. The summed E-state index contributed by atoms with van der Waals surface area (Å²) < 4.78 is 44.1. The first-order valence-electron chi connectivity index (χ1n) is 7.59. The van der Waals surface area contributed by atoms with E-state index in [4.69, 9.17) is 0 Å². The lowest BCUT2D eigenvalue weighted by molar-refractivity contribution is -0.152. The summed E-state index contributed by atoms with van der Waals surface area (Å²) in [4.78, 5) is 36.8. The highest BCUT2D eigenvalue weighted by atomic mass is 19.4. The minimum absolute atomic E-state index is 0.130. The minimum atomic E-state index is -5.27. The number of fused-ring (bicyclic) bond motifs is 3. The fourth-order valence-corrected chi connectivity index (χ4v) is 3.29. The van der Waals surface area contributed by atoms with Gasteiger partial charge in [0.05, 0.1) is 16.5 Å². The largest absolute Gasteiger partial charge is 0.506 e. The summed E-state index contributed by atoms with van der Waals surface area (Å²) >= 11 is 0. The van der Waals surface area contributed by atoms with E-state index < -0.39 is 68.6 Å². The zero-order valence-corrected chi connectivity index (χ0v) is 13.4. The van der Waals surface area contributed by atoms with Crippen molar-refractivity contribution in [3.8, 4) is 11.5 Å². The monoisotopic (exact) mass is 392 g/mol. The third-order valence-electron chi connectivity index (χ3n) is 4.43. The molecule has 0 amide bonds. The van der Waals surface area contributed by atoms with E-state index in [0.717, 1.165) is 0 Å². The molecule has 7 nitrogen and oxygen atoms in total. The predicted octanol–water partition coefficient (Wildman–Crippen LogP) is 3.34. The molecule has 0 radical (unpaired) electrons. The Morgan fingerprint density at radius 1 is 0.929 bits per heavy atom. The fourth-order valence-electron chi connectivity index (χ4n) is 3.29. The van der Waals surface area contributed by atoms with Crippen molar-refractivity contribution in [1.29, 1.82) is 0 Å². The molecule has 1 heterocycles. The molecule has 3 N–H and O–H groups in total. The maximum atomic E-state index is 13.2. The topological polar surface area (TPSA) is 125 Å². The van der Waals surface area contributed by atoms with Crippen LogP contribution in [-0.4, -0.2) is 32.9 Å². The lowest BCUT2D eigenvalue weighted by Crippen LogP contribution is -2.21. The number of benzene rings is 2. The van der Waals surface area contributed by atoms with Crippen LogP contribution in [0.25, 0.3) is 11.0 Å². The van der Waals surface area contributed by atoms with Crippen LogP contribution in [0, 0.1) is 0 Å². The Bertz CT molecular complexity index is 1230. The Morgan fingerprint density at radius 3 is 1.89 bits per heavy atom. The fraction of sp³-hybridized carbons (Fsp3) is 0.0556. The lowest BCUT2D eigenvalue weighted by Gasteiger charge is -2.19. The van der Waals surface area contributed by atoms with E-state index >= 15 is 0 Å². The molecule has 4 rings (SSSR count). The Balaban J connectivity index is 2.20. The molecular formula is C18H7F3O7. The summed E-state index contributed by atoms with van der Waals surface area (Å²) in [5.41, 5.74) is -4.35. The first-order chi connectivity index (χ1) is 13.1. The second-order valence-corrected chi connectivity index (χ2v) is 5.96. The van der Waals surface area contributed by atoms with Gasteiger partial charge < -0.3 is 19.7 Å². The zero-order chi connectivity index (χ0) is 20.5. The standard InChI is InChI=1S/C18H7F3O7/c19-18(20,21)16-10(17(26)27)9-13(24)7-8(14(25)15(9)28-16)12(23)6-4-2-1-3-5(6)11(7)22/h1-4,24-25H,(H,26,27). The molecule has 0 unspecified atom stereocenters. The number of phenolic OH excluding ortho intramolecular Hbond substituents is 2. The molecule has 0 atom stereocenters. The molecule has 0 aliphatic heterocycles. The molecule has 1 aliphatic rings. The number of hydrogen-bond donors (Lipinski definition) is 3. The summed E-state index contributed by atoms with van der Waals surface area (Å²) in [6.45, 7) is 0. The van der Waals surface area contributed by atoms with Crippen molar-refractivity contribution in [3.63, 3.8) is 0 Å². The van der Waals surface area contributed by atoms with E-state index in [1.807, 2.05) is 0 Å².